The number of carbonyl (C=O) groups is 2. The molecule has 1 aliphatic carbocycles. The van der Waals surface area contributed by atoms with Crippen molar-refractivity contribution in [3.8, 4) is 5.69 Å². The summed E-state index contributed by atoms with van der Waals surface area (Å²) < 4.78 is 19.8. The Morgan fingerprint density at radius 3 is 2.44 bits per heavy atom. The van der Waals surface area contributed by atoms with Crippen LogP contribution in [0.4, 0.5) is 4.39 Å². The number of esters is 1. The summed E-state index contributed by atoms with van der Waals surface area (Å²) in [6.07, 6.45) is 8.92. The number of rotatable bonds is 7. The summed E-state index contributed by atoms with van der Waals surface area (Å²) in [5, 5.41) is 4.63. The van der Waals surface area contributed by atoms with Gasteiger partial charge in [0.2, 0.25) is 0 Å². The fraction of sp³-hybridized carbons (Fsp3) is 0.296. The van der Waals surface area contributed by atoms with Crippen molar-refractivity contribution in [2.75, 3.05) is 6.61 Å². The zero-order valence-corrected chi connectivity index (χ0v) is 19.7. The van der Waals surface area contributed by atoms with Crippen molar-refractivity contribution in [1.82, 2.24) is 9.78 Å². The van der Waals surface area contributed by atoms with E-state index in [0.29, 0.717) is 28.4 Å². The van der Waals surface area contributed by atoms with Gasteiger partial charge in [-0.3, -0.25) is 4.79 Å². The van der Waals surface area contributed by atoms with Crippen molar-refractivity contribution in [3.05, 3.63) is 88.0 Å². The second kappa shape index (κ2) is 10.8. The molecule has 1 fully saturated rings. The number of ether oxygens (including phenoxy) is 1. The van der Waals surface area contributed by atoms with E-state index in [1.165, 1.54) is 66.6 Å². The molecule has 0 amide bonds. The van der Waals surface area contributed by atoms with Crippen molar-refractivity contribution in [2.45, 2.75) is 44.9 Å². The lowest BCUT2D eigenvalue weighted by Gasteiger charge is -2.22. The number of hydrogen-bond donors (Lipinski definition) is 0. The fourth-order valence-corrected chi connectivity index (χ4v) is 4.59. The first-order valence-electron chi connectivity index (χ1n) is 11.4. The van der Waals surface area contributed by atoms with Crippen LogP contribution in [0.15, 0.2) is 54.6 Å². The molecule has 34 heavy (non-hydrogen) atoms. The molecule has 0 N–H and O–H groups in total. The Kier molecular flexibility index (Phi) is 7.58. The van der Waals surface area contributed by atoms with Crippen LogP contribution in [0, 0.1) is 12.7 Å². The maximum Gasteiger partial charge on any atom is 0.331 e. The topological polar surface area (TPSA) is 61.2 Å². The van der Waals surface area contributed by atoms with Gasteiger partial charge in [0.1, 0.15) is 11.0 Å². The minimum absolute atomic E-state index is 0.254. The Labute approximate surface area is 203 Å². The van der Waals surface area contributed by atoms with E-state index in [1.54, 1.807) is 19.1 Å². The number of carbonyl (C=O) groups excluding carboxylic acids is 2. The van der Waals surface area contributed by atoms with E-state index >= 15 is 0 Å². The van der Waals surface area contributed by atoms with Gasteiger partial charge >= 0.3 is 5.97 Å². The van der Waals surface area contributed by atoms with Crippen LogP contribution < -0.4 is 0 Å². The lowest BCUT2D eigenvalue weighted by atomic mass is 9.84. The zero-order chi connectivity index (χ0) is 24.1. The Balaban J connectivity index is 1.34. The van der Waals surface area contributed by atoms with Crippen LogP contribution >= 0.6 is 11.6 Å². The Morgan fingerprint density at radius 2 is 1.76 bits per heavy atom. The molecule has 1 saturated carbocycles. The minimum Gasteiger partial charge on any atom is -0.454 e. The van der Waals surface area contributed by atoms with Crippen LogP contribution in [0.2, 0.25) is 5.15 Å². The Hall–Kier alpha value is -3.25. The summed E-state index contributed by atoms with van der Waals surface area (Å²) >= 11 is 6.41. The van der Waals surface area contributed by atoms with E-state index in [9.17, 15) is 14.0 Å². The van der Waals surface area contributed by atoms with Crippen molar-refractivity contribution in [1.29, 1.82) is 0 Å². The van der Waals surface area contributed by atoms with E-state index in [0.717, 1.165) is 0 Å². The number of aryl methyl sites for hydroxylation is 1. The van der Waals surface area contributed by atoms with E-state index in [-0.39, 0.29) is 23.4 Å². The summed E-state index contributed by atoms with van der Waals surface area (Å²) in [4.78, 5) is 24.6. The largest absolute Gasteiger partial charge is 0.454 e. The number of hydrogen-bond acceptors (Lipinski definition) is 4. The lowest BCUT2D eigenvalue weighted by molar-refractivity contribution is -0.136. The van der Waals surface area contributed by atoms with Gasteiger partial charge in [-0.1, -0.05) is 55.1 Å². The third kappa shape index (κ3) is 5.62. The van der Waals surface area contributed by atoms with Crippen LogP contribution in [0.1, 0.15) is 65.2 Å². The lowest BCUT2D eigenvalue weighted by Crippen LogP contribution is -2.13. The predicted octanol–water partition coefficient (Wildman–Crippen LogP) is 6.46. The average Bonchev–Trinajstić information content (AvgIpc) is 3.15. The second-order valence-electron chi connectivity index (χ2n) is 8.50. The number of benzene rings is 2. The number of ketones is 1. The third-order valence-corrected chi connectivity index (χ3v) is 6.52. The van der Waals surface area contributed by atoms with Crippen molar-refractivity contribution < 1.29 is 18.7 Å². The maximum absolute atomic E-state index is 13.2. The van der Waals surface area contributed by atoms with E-state index in [1.807, 2.05) is 24.3 Å². The summed E-state index contributed by atoms with van der Waals surface area (Å²) in [5.41, 5.74) is 3.51. The van der Waals surface area contributed by atoms with Gasteiger partial charge in [0, 0.05) is 17.2 Å². The molecule has 0 aliphatic heterocycles. The van der Waals surface area contributed by atoms with E-state index in [4.69, 9.17) is 16.3 Å². The molecule has 0 spiro atoms. The first-order valence-corrected chi connectivity index (χ1v) is 11.8. The summed E-state index contributed by atoms with van der Waals surface area (Å²) in [7, 11) is 0. The molecule has 0 radical (unpaired) electrons. The molecule has 1 aromatic heterocycles. The number of aromatic nitrogens is 2. The maximum atomic E-state index is 13.2. The second-order valence-corrected chi connectivity index (χ2v) is 8.86. The predicted molar refractivity (Wildman–Crippen MR) is 130 cm³/mol. The van der Waals surface area contributed by atoms with Crippen molar-refractivity contribution >= 4 is 29.4 Å². The van der Waals surface area contributed by atoms with Crippen LogP contribution in [0.25, 0.3) is 11.8 Å². The number of Topliss-reactive ketones (excluding diaryl/α,β-unsaturated/α-hetero) is 1. The highest BCUT2D eigenvalue weighted by Crippen LogP contribution is 2.32. The Morgan fingerprint density at radius 1 is 1.09 bits per heavy atom. The average molecular weight is 481 g/mol. The van der Waals surface area contributed by atoms with Gasteiger partial charge in [-0.05, 0) is 61.6 Å². The summed E-state index contributed by atoms with van der Waals surface area (Å²) in [5.74, 6) is -0.697. The van der Waals surface area contributed by atoms with Crippen molar-refractivity contribution in [3.63, 3.8) is 0 Å². The molecule has 176 valence electrons. The van der Waals surface area contributed by atoms with Crippen LogP contribution in [0.3, 0.4) is 0 Å². The molecule has 0 saturated heterocycles. The Bertz CT molecular complexity index is 1190. The normalized spacial score (nSPS) is 14.4. The van der Waals surface area contributed by atoms with Gasteiger partial charge in [-0.2, -0.15) is 5.10 Å². The number of halogens is 2. The first kappa shape index (κ1) is 23.9. The zero-order valence-electron chi connectivity index (χ0n) is 19.0. The molecule has 1 aliphatic rings. The molecule has 0 bridgehead atoms. The van der Waals surface area contributed by atoms with E-state index in [2.05, 4.69) is 5.10 Å². The highest BCUT2D eigenvalue weighted by molar-refractivity contribution is 6.31. The molecule has 1 heterocycles. The standard InChI is InChI=1S/C27H26ClFN2O3/c1-18-24(27(28)31(30-18)23-13-11-22(29)12-14-23)15-16-26(33)34-17-25(32)21-9-7-20(8-10-21)19-5-3-2-4-6-19/h7-16,19H,2-6,17H2,1H3. The van der Waals surface area contributed by atoms with Crippen LogP contribution in [-0.2, 0) is 9.53 Å². The SMILES string of the molecule is Cc1nn(-c2ccc(F)cc2)c(Cl)c1C=CC(=O)OCC(=O)c1ccc(C2CCCCC2)cc1. The van der Waals surface area contributed by atoms with Gasteiger partial charge in [0.25, 0.3) is 0 Å². The van der Waals surface area contributed by atoms with Gasteiger partial charge in [0.05, 0.1) is 11.4 Å². The first-order chi connectivity index (χ1) is 16.4. The van der Waals surface area contributed by atoms with E-state index < -0.39 is 5.97 Å². The molecule has 4 rings (SSSR count). The molecular weight excluding hydrogens is 455 g/mol. The molecule has 2 aromatic carbocycles. The molecule has 3 aromatic rings. The van der Waals surface area contributed by atoms with Gasteiger partial charge in [-0.15, -0.1) is 0 Å². The quantitative estimate of drug-likeness (QED) is 0.221. The van der Waals surface area contributed by atoms with Crippen molar-refractivity contribution in [2.24, 2.45) is 0 Å². The highest BCUT2D eigenvalue weighted by atomic mass is 35.5. The molecule has 5 nitrogen and oxygen atoms in total. The van der Waals surface area contributed by atoms with Crippen LogP contribution in [-0.4, -0.2) is 28.1 Å². The fourth-order valence-electron chi connectivity index (χ4n) is 4.25. The monoisotopic (exact) mass is 480 g/mol. The molecule has 0 atom stereocenters. The number of nitrogens with zero attached hydrogens (tertiary/aromatic N) is 2. The van der Waals surface area contributed by atoms with Crippen LogP contribution in [0.5, 0.6) is 0 Å². The molecule has 7 heteroatoms. The molecular formula is C27H26ClFN2O3. The summed E-state index contributed by atoms with van der Waals surface area (Å²) in [6.45, 7) is 1.41. The van der Waals surface area contributed by atoms with Gasteiger partial charge < -0.3 is 4.74 Å². The van der Waals surface area contributed by atoms with Gasteiger partial charge in [0.15, 0.2) is 12.4 Å². The smallest absolute Gasteiger partial charge is 0.331 e. The molecule has 0 unspecified atom stereocenters. The third-order valence-electron chi connectivity index (χ3n) is 6.16. The summed E-state index contributed by atoms with van der Waals surface area (Å²) in [6, 6.07) is 13.4. The van der Waals surface area contributed by atoms with Gasteiger partial charge in [-0.25, -0.2) is 13.9 Å². The minimum atomic E-state index is -0.655. The highest BCUT2D eigenvalue weighted by Gasteiger charge is 2.17.